The molecular weight excluding hydrogens is 136 g/mol. The van der Waals surface area contributed by atoms with Crippen LogP contribution in [0, 0.1) is 0 Å². The normalized spacial score (nSPS) is 39.3. The first kappa shape index (κ1) is 7.56. The van der Waals surface area contributed by atoms with E-state index in [1.165, 1.54) is 51.7 Å². The molecule has 0 radical (unpaired) electrons. The summed E-state index contributed by atoms with van der Waals surface area (Å²) in [4.78, 5) is 0. The van der Waals surface area contributed by atoms with Crippen LogP contribution in [0.4, 0.5) is 0 Å². The van der Waals surface area contributed by atoms with Crippen LogP contribution in [0.25, 0.3) is 0 Å². The zero-order valence-electron chi connectivity index (χ0n) is 7.16. The molecule has 2 heteroatoms. The van der Waals surface area contributed by atoms with Gasteiger partial charge in [0.25, 0.3) is 0 Å². The lowest BCUT2D eigenvalue weighted by Gasteiger charge is -2.44. The van der Waals surface area contributed by atoms with Gasteiger partial charge < -0.3 is 10.6 Å². The van der Waals surface area contributed by atoms with Gasteiger partial charge in [-0.25, -0.2) is 0 Å². The zero-order chi connectivity index (χ0) is 7.57. The molecule has 0 aromatic carbocycles. The van der Waals surface area contributed by atoms with Gasteiger partial charge in [-0.1, -0.05) is 6.42 Å². The number of rotatable bonds is 0. The van der Waals surface area contributed by atoms with Crippen molar-refractivity contribution in [3.8, 4) is 0 Å². The van der Waals surface area contributed by atoms with Crippen molar-refractivity contribution in [2.45, 2.75) is 37.6 Å². The predicted molar refractivity (Wildman–Crippen MR) is 46.7 cm³/mol. The Bertz CT molecular complexity index is 120. The molecule has 1 atom stereocenters. The smallest absolute Gasteiger partial charge is 0.0205 e. The summed E-state index contributed by atoms with van der Waals surface area (Å²) in [6.45, 7) is 3.70. The van der Waals surface area contributed by atoms with E-state index >= 15 is 0 Å². The third kappa shape index (κ3) is 1.57. The van der Waals surface area contributed by atoms with Crippen LogP contribution in [0.1, 0.15) is 32.1 Å². The molecule has 0 aromatic heterocycles. The Morgan fingerprint density at radius 1 is 0.818 bits per heavy atom. The largest absolute Gasteiger partial charge is 0.317 e. The van der Waals surface area contributed by atoms with E-state index in [1.807, 2.05) is 0 Å². The fourth-order valence-corrected chi connectivity index (χ4v) is 2.20. The predicted octanol–water partition coefficient (Wildman–Crippen LogP) is 0.882. The van der Waals surface area contributed by atoms with Crippen LogP contribution in [-0.2, 0) is 0 Å². The molecule has 1 unspecified atom stereocenters. The number of hydrogen-bond acceptors (Lipinski definition) is 2. The number of hydrogen-bond donors (Lipinski definition) is 2. The van der Waals surface area contributed by atoms with E-state index in [0.717, 1.165) is 0 Å². The fraction of sp³-hybridized carbons (Fsp3) is 1.00. The van der Waals surface area contributed by atoms with E-state index in [9.17, 15) is 0 Å². The van der Waals surface area contributed by atoms with Gasteiger partial charge in [0.2, 0.25) is 0 Å². The summed E-state index contributed by atoms with van der Waals surface area (Å²) in [6, 6.07) is 0. The van der Waals surface area contributed by atoms with Gasteiger partial charge >= 0.3 is 0 Å². The SMILES string of the molecule is C1CCC2(CCNC1)CCN2. The molecule has 0 aliphatic carbocycles. The van der Waals surface area contributed by atoms with Gasteiger partial charge in [-0.05, 0) is 45.3 Å². The topological polar surface area (TPSA) is 24.1 Å². The molecule has 64 valence electrons. The molecule has 2 aliphatic heterocycles. The molecule has 0 amide bonds. The second-order valence-electron chi connectivity index (χ2n) is 3.91. The van der Waals surface area contributed by atoms with E-state index in [1.54, 1.807) is 0 Å². The van der Waals surface area contributed by atoms with Gasteiger partial charge in [0.15, 0.2) is 0 Å². The maximum absolute atomic E-state index is 3.59. The Labute approximate surface area is 68.7 Å². The highest BCUT2D eigenvalue weighted by atomic mass is 15.1. The first-order valence-corrected chi connectivity index (χ1v) is 4.87. The summed E-state index contributed by atoms with van der Waals surface area (Å²) in [5, 5.41) is 7.06. The lowest BCUT2D eigenvalue weighted by atomic mass is 9.79. The van der Waals surface area contributed by atoms with Crippen LogP contribution in [0.3, 0.4) is 0 Å². The lowest BCUT2D eigenvalue weighted by molar-refractivity contribution is 0.164. The maximum Gasteiger partial charge on any atom is 0.0205 e. The third-order valence-corrected chi connectivity index (χ3v) is 3.14. The Kier molecular flexibility index (Phi) is 2.14. The first-order valence-electron chi connectivity index (χ1n) is 4.87. The van der Waals surface area contributed by atoms with Crippen molar-refractivity contribution in [3.63, 3.8) is 0 Å². The monoisotopic (exact) mass is 154 g/mol. The minimum absolute atomic E-state index is 0.563. The van der Waals surface area contributed by atoms with Crippen LogP contribution in [0.5, 0.6) is 0 Å². The Hall–Kier alpha value is -0.0800. The minimum atomic E-state index is 0.563. The lowest BCUT2D eigenvalue weighted by Crippen LogP contribution is -2.58. The minimum Gasteiger partial charge on any atom is -0.317 e. The average molecular weight is 154 g/mol. The fourth-order valence-electron chi connectivity index (χ4n) is 2.20. The maximum atomic E-state index is 3.59. The van der Waals surface area contributed by atoms with Crippen LogP contribution in [0.2, 0.25) is 0 Å². The molecule has 2 rings (SSSR count). The highest BCUT2D eigenvalue weighted by molar-refractivity contribution is 4.97. The molecule has 0 bridgehead atoms. The van der Waals surface area contributed by atoms with Crippen molar-refractivity contribution in [1.82, 2.24) is 10.6 Å². The standard InChI is InChI=1S/C9H18N2/c1-2-6-10-7-4-9(3-1)5-8-11-9/h10-11H,1-8H2. The molecule has 11 heavy (non-hydrogen) atoms. The Morgan fingerprint density at radius 3 is 2.45 bits per heavy atom. The van der Waals surface area contributed by atoms with Crippen molar-refractivity contribution in [2.24, 2.45) is 0 Å². The van der Waals surface area contributed by atoms with Gasteiger partial charge in [0, 0.05) is 5.54 Å². The molecular formula is C9H18N2. The molecule has 2 fully saturated rings. The van der Waals surface area contributed by atoms with Crippen molar-refractivity contribution >= 4 is 0 Å². The second kappa shape index (κ2) is 3.11. The number of nitrogens with one attached hydrogen (secondary N) is 2. The van der Waals surface area contributed by atoms with Crippen LogP contribution in [0.15, 0.2) is 0 Å². The highest BCUT2D eigenvalue weighted by Gasteiger charge is 2.35. The van der Waals surface area contributed by atoms with E-state index in [2.05, 4.69) is 10.6 Å². The van der Waals surface area contributed by atoms with E-state index in [-0.39, 0.29) is 0 Å². The summed E-state index contributed by atoms with van der Waals surface area (Å²) in [5.41, 5.74) is 0.563. The van der Waals surface area contributed by atoms with Crippen LogP contribution in [-0.4, -0.2) is 25.2 Å². The molecule has 2 nitrogen and oxygen atoms in total. The summed E-state index contributed by atoms with van der Waals surface area (Å²) in [6.07, 6.45) is 6.93. The average Bonchev–Trinajstić information content (AvgIpc) is 1.82. The molecule has 0 saturated carbocycles. The van der Waals surface area contributed by atoms with Crippen molar-refractivity contribution in [1.29, 1.82) is 0 Å². The van der Waals surface area contributed by atoms with Crippen LogP contribution < -0.4 is 10.6 Å². The molecule has 0 aromatic rings. The quantitative estimate of drug-likeness (QED) is 0.541. The molecule has 2 aliphatic rings. The zero-order valence-corrected chi connectivity index (χ0v) is 7.16. The van der Waals surface area contributed by atoms with Gasteiger partial charge in [-0.3, -0.25) is 0 Å². The molecule has 2 saturated heterocycles. The summed E-state index contributed by atoms with van der Waals surface area (Å²) in [7, 11) is 0. The van der Waals surface area contributed by atoms with Gasteiger partial charge in [0.05, 0.1) is 0 Å². The second-order valence-corrected chi connectivity index (χ2v) is 3.91. The molecule has 2 N–H and O–H groups in total. The van der Waals surface area contributed by atoms with Crippen LogP contribution >= 0.6 is 0 Å². The molecule has 2 heterocycles. The van der Waals surface area contributed by atoms with Crippen molar-refractivity contribution in [2.75, 3.05) is 19.6 Å². The first-order chi connectivity index (χ1) is 5.41. The van der Waals surface area contributed by atoms with Gasteiger partial charge in [-0.2, -0.15) is 0 Å². The highest BCUT2D eigenvalue weighted by Crippen LogP contribution is 2.29. The Balaban J connectivity index is 1.86. The van der Waals surface area contributed by atoms with Crippen molar-refractivity contribution in [3.05, 3.63) is 0 Å². The third-order valence-electron chi connectivity index (χ3n) is 3.14. The van der Waals surface area contributed by atoms with E-state index in [4.69, 9.17) is 0 Å². The van der Waals surface area contributed by atoms with E-state index in [0.29, 0.717) is 5.54 Å². The van der Waals surface area contributed by atoms with Gasteiger partial charge in [-0.15, -0.1) is 0 Å². The van der Waals surface area contributed by atoms with Gasteiger partial charge in [0.1, 0.15) is 0 Å². The molecule has 1 spiro atoms. The Morgan fingerprint density at radius 2 is 1.73 bits per heavy atom. The summed E-state index contributed by atoms with van der Waals surface area (Å²) < 4.78 is 0. The summed E-state index contributed by atoms with van der Waals surface area (Å²) in [5.74, 6) is 0. The van der Waals surface area contributed by atoms with E-state index < -0.39 is 0 Å². The summed E-state index contributed by atoms with van der Waals surface area (Å²) >= 11 is 0. The van der Waals surface area contributed by atoms with Crippen molar-refractivity contribution < 1.29 is 0 Å².